The summed E-state index contributed by atoms with van der Waals surface area (Å²) in [4.78, 5) is 0.878. The maximum absolute atomic E-state index is 10.3. The summed E-state index contributed by atoms with van der Waals surface area (Å²) >= 11 is 10.9. The van der Waals surface area contributed by atoms with Crippen LogP contribution in [0.1, 0.15) is 27.7 Å². The van der Waals surface area contributed by atoms with Crippen molar-refractivity contribution < 1.29 is 5.11 Å². The zero-order valence-electron chi connectivity index (χ0n) is 9.50. The zero-order valence-corrected chi connectivity index (χ0v) is 12.7. The molecule has 4 heteroatoms. The summed E-state index contributed by atoms with van der Waals surface area (Å²) in [7, 11) is 0. The molecule has 1 unspecified atom stereocenters. The normalized spacial score (nSPS) is 12.8. The second-order valence-electron chi connectivity index (χ2n) is 4.02. The Hall–Kier alpha value is -0.350. The van der Waals surface area contributed by atoms with Gasteiger partial charge < -0.3 is 5.11 Å². The van der Waals surface area contributed by atoms with Gasteiger partial charge in [0.25, 0.3) is 0 Å². The number of hydrogen-bond acceptors (Lipinski definition) is 2. The zero-order chi connectivity index (χ0) is 12.6. The molecule has 1 atom stereocenters. The fourth-order valence-electron chi connectivity index (χ4n) is 1.56. The van der Waals surface area contributed by atoms with Gasteiger partial charge in [0.15, 0.2) is 0 Å². The summed E-state index contributed by atoms with van der Waals surface area (Å²) in [6.45, 7) is 3.96. The average Bonchev–Trinajstić information content (AvgIpc) is 2.62. The first-order valence-corrected chi connectivity index (χ1v) is 7.17. The maximum Gasteiger partial charge on any atom is 0.113 e. The largest absolute Gasteiger partial charge is 0.383 e. The highest BCUT2D eigenvalue weighted by atomic mass is 79.9. The lowest BCUT2D eigenvalue weighted by Gasteiger charge is -2.10. The number of thiophene rings is 1. The van der Waals surface area contributed by atoms with Gasteiger partial charge in [-0.05, 0) is 42.7 Å². The van der Waals surface area contributed by atoms with E-state index in [-0.39, 0.29) is 0 Å². The van der Waals surface area contributed by atoms with Crippen molar-refractivity contribution in [3.8, 4) is 0 Å². The summed E-state index contributed by atoms with van der Waals surface area (Å²) in [5.74, 6) is 0. The molecular weight excluding hydrogens is 320 g/mol. The molecule has 0 saturated heterocycles. The minimum absolute atomic E-state index is 0.608. The molecule has 90 valence electrons. The predicted molar refractivity (Wildman–Crippen MR) is 77.0 cm³/mol. The van der Waals surface area contributed by atoms with Crippen LogP contribution in [-0.2, 0) is 0 Å². The molecule has 1 heterocycles. The van der Waals surface area contributed by atoms with Crippen molar-refractivity contribution in [2.75, 3.05) is 0 Å². The smallest absolute Gasteiger partial charge is 0.113 e. The van der Waals surface area contributed by atoms with Crippen LogP contribution in [0.3, 0.4) is 0 Å². The highest BCUT2D eigenvalue weighted by Crippen LogP contribution is 2.34. The van der Waals surface area contributed by atoms with Crippen LogP contribution in [0.4, 0.5) is 0 Å². The molecule has 0 amide bonds. The Bertz CT molecular complexity index is 531. The number of aliphatic hydroxyl groups excluding tert-OH is 1. The van der Waals surface area contributed by atoms with E-state index in [1.807, 2.05) is 38.1 Å². The van der Waals surface area contributed by atoms with E-state index in [2.05, 4.69) is 15.9 Å². The van der Waals surface area contributed by atoms with E-state index in [9.17, 15) is 5.11 Å². The van der Waals surface area contributed by atoms with Gasteiger partial charge >= 0.3 is 0 Å². The third kappa shape index (κ3) is 2.74. The summed E-state index contributed by atoms with van der Waals surface area (Å²) in [6.07, 6.45) is -0.608. The fraction of sp³-hybridized carbons (Fsp3) is 0.231. The van der Waals surface area contributed by atoms with Crippen LogP contribution in [0.2, 0.25) is 4.34 Å². The van der Waals surface area contributed by atoms with Gasteiger partial charge in [-0.15, -0.1) is 11.3 Å². The van der Waals surface area contributed by atoms with Crippen LogP contribution in [0, 0.1) is 13.8 Å². The number of aliphatic hydroxyl groups is 1. The van der Waals surface area contributed by atoms with Gasteiger partial charge in [-0.25, -0.2) is 0 Å². The highest BCUT2D eigenvalue weighted by molar-refractivity contribution is 9.10. The molecule has 1 aromatic heterocycles. The topological polar surface area (TPSA) is 20.2 Å². The van der Waals surface area contributed by atoms with E-state index in [4.69, 9.17) is 11.6 Å². The van der Waals surface area contributed by atoms with Crippen LogP contribution in [0.15, 0.2) is 28.7 Å². The number of hydrogen-bond donors (Lipinski definition) is 1. The van der Waals surface area contributed by atoms with Crippen molar-refractivity contribution in [3.05, 3.63) is 54.6 Å². The minimum atomic E-state index is -0.608. The Morgan fingerprint density at radius 2 is 1.94 bits per heavy atom. The summed E-state index contributed by atoms with van der Waals surface area (Å²) in [5.41, 5.74) is 3.04. The SMILES string of the molecule is Cc1ccc(C(O)c2cc(C)c(Cl)s2)cc1Br. The highest BCUT2D eigenvalue weighted by Gasteiger charge is 2.15. The van der Waals surface area contributed by atoms with Crippen molar-refractivity contribution in [3.63, 3.8) is 0 Å². The standard InChI is InChI=1S/C13H12BrClOS/c1-7-3-4-9(6-10(7)14)12(16)11-5-8(2)13(15)17-11/h3-6,12,16H,1-2H3. The Kier molecular flexibility index (Phi) is 3.93. The lowest BCUT2D eigenvalue weighted by molar-refractivity contribution is 0.224. The third-order valence-electron chi connectivity index (χ3n) is 2.66. The molecule has 2 rings (SSSR count). The molecule has 0 aliphatic carbocycles. The van der Waals surface area contributed by atoms with Gasteiger partial charge in [-0.2, -0.15) is 0 Å². The van der Waals surface area contributed by atoms with Crippen molar-refractivity contribution in [2.45, 2.75) is 20.0 Å². The second kappa shape index (κ2) is 5.11. The Morgan fingerprint density at radius 1 is 1.24 bits per heavy atom. The van der Waals surface area contributed by atoms with Crippen LogP contribution >= 0.6 is 38.9 Å². The molecule has 0 saturated carbocycles. The predicted octanol–water partition coefficient (Wildman–Crippen LogP) is 4.86. The Labute approximate surface area is 118 Å². The molecule has 0 aliphatic heterocycles. The molecule has 1 N–H and O–H groups in total. The fourth-order valence-corrected chi connectivity index (χ4v) is 3.19. The molecule has 0 radical (unpaired) electrons. The molecule has 1 aromatic carbocycles. The molecule has 17 heavy (non-hydrogen) atoms. The van der Waals surface area contributed by atoms with Crippen LogP contribution < -0.4 is 0 Å². The minimum Gasteiger partial charge on any atom is -0.383 e. The lowest BCUT2D eigenvalue weighted by Crippen LogP contribution is -1.97. The summed E-state index contributed by atoms with van der Waals surface area (Å²) in [5, 5.41) is 10.3. The summed E-state index contributed by atoms with van der Waals surface area (Å²) < 4.78 is 1.75. The number of benzene rings is 1. The van der Waals surface area contributed by atoms with Gasteiger partial charge in [0.1, 0.15) is 6.10 Å². The molecule has 0 bridgehead atoms. The molecule has 0 aliphatic rings. The van der Waals surface area contributed by atoms with Gasteiger partial charge in [0.05, 0.1) is 4.34 Å². The molecule has 2 aromatic rings. The third-order valence-corrected chi connectivity index (χ3v) is 5.12. The number of aryl methyl sites for hydroxylation is 2. The van der Waals surface area contributed by atoms with Gasteiger partial charge in [0, 0.05) is 9.35 Å². The molecule has 0 spiro atoms. The Morgan fingerprint density at radius 3 is 2.47 bits per heavy atom. The first-order valence-electron chi connectivity index (χ1n) is 5.19. The molecule has 0 fully saturated rings. The lowest BCUT2D eigenvalue weighted by atomic mass is 10.1. The number of rotatable bonds is 2. The average molecular weight is 332 g/mol. The van der Waals surface area contributed by atoms with Crippen LogP contribution in [-0.4, -0.2) is 5.11 Å². The Balaban J connectivity index is 2.36. The molecule has 1 nitrogen and oxygen atoms in total. The van der Waals surface area contributed by atoms with Gasteiger partial charge in [0.2, 0.25) is 0 Å². The van der Waals surface area contributed by atoms with Gasteiger partial charge in [-0.1, -0.05) is 39.7 Å². The second-order valence-corrected chi connectivity index (χ2v) is 6.56. The summed E-state index contributed by atoms with van der Waals surface area (Å²) in [6, 6.07) is 7.81. The quantitative estimate of drug-likeness (QED) is 0.833. The van der Waals surface area contributed by atoms with Crippen molar-refractivity contribution in [1.29, 1.82) is 0 Å². The van der Waals surface area contributed by atoms with Crippen molar-refractivity contribution in [2.24, 2.45) is 0 Å². The van der Waals surface area contributed by atoms with Crippen LogP contribution in [0.25, 0.3) is 0 Å². The van der Waals surface area contributed by atoms with Gasteiger partial charge in [-0.3, -0.25) is 0 Å². The van der Waals surface area contributed by atoms with Crippen molar-refractivity contribution in [1.82, 2.24) is 0 Å². The van der Waals surface area contributed by atoms with E-state index < -0.39 is 6.10 Å². The van der Waals surface area contributed by atoms with Crippen molar-refractivity contribution >= 4 is 38.9 Å². The van der Waals surface area contributed by atoms with Crippen LogP contribution in [0.5, 0.6) is 0 Å². The van der Waals surface area contributed by atoms with E-state index in [0.29, 0.717) is 0 Å². The number of halogens is 2. The first kappa shape index (κ1) is 13.1. The maximum atomic E-state index is 10.3. The van der Waals surface area contributed by atoms with E-state index >= 15 is 0 Å². The molecular formula is C13H12BrClOS. The van der Waals surface area contributed by atoms with E-state index in [1.54, 1.807) is 0 Å². The monoisotopic (exact) mass is 330 g/mol. The first-order chi connectivity index (χ1) is 7.99. The van der Waals surface area contributed by atoms with E-state index in [0.717, 1.165) is 30.4 Å². The van der Waals surface area contributed by atoms with E-state index in [1.165, 1.54) is 11.3 Å².